The topological polar surface area (TPSA) is 17.3 Å². The van der Waals surface area contributed by atoms with E-state index in [2.05, 4.69) is 103 Å². The maximum atomic E-state index is 5.17. The summed E-state index contributed by atoms with van der Waals surface area (Å²) in [5, 5.41) is 14.6. The van der Waals surface area contributed by atoms with Gasteiger partial charge in [0.25, 0.3) is 0 Å². The zero-order valence-electron chi connectivity index (χ0n) is 15.8. The molecule has 0 amide bonds. The second kappa shape index (κ2) is 6.32. The molecule has 29 heavy (non-hydrogen) atoms. The number of fused-ring (bicyclic) bond motifs is 6. The average molecular weight is 370 g/mol. The van der Waals surface area contributed by atoms with E-state index in [-0.39, 0.29) is 0 Å². The number of aromatic nitrogens is 1. The number of hydrogen-bond donors (Lipinski definition) is 0. The van der Waals surface area contributed by atoms with Crippen molar-refractivity contribution in [2.45, 2.75) is 0 Å². The van der Waals surface area contributed by atoms with Crippen LogP contribution < -0.4 is 5.36 Å². The molecule has 0 fully saturated rings. The number of benzene rings is 4. The highest BCUT2D eigenvalue weighted by Crippen LogP contribution is 2.28. The van der Waals surface area contributed by atoms with Gasteiger partial charge in [0.15, 0.2) is 0 Å². The Balaban J connectivity index is 1.92. The molecule has 0 spiro atoms. The van der Waals surface area contributed by atoms with Crippen LogP contribution in [-0.2, 0) is 0 Å². The fraction of sp³-hybridized carbons (Fsp3) is 0. The van der Waals surface area contributed by atoms with Crippen LogP contribution in [-0.4, -0.2) is 4.68 Å². The van der Waals surface area contributed by atoms with Gasteiger partial charge in [0, 0.05) is 22.4 Å². The number of rotatable bonds is 1. The van der Waals surface area contributed by atoms with Gasteiger partial charge in [0.1, 0.15) is 0 Å². The molecule has 5 aromatic carbocycles. The van der Waals surface area contributed by atoms with E-state index in [1.165, 1.54) is 26.9 Å². The average Bonchev–Trinajstić information content (AvgIpc) is 3.15. The highest BCUT2D eigenvalue weighted by atomic mass is 15.3. The quantitative estimate of drug-likeness (QED) is 0.316. The standard InChI is InChI=1S/C27H18N2/c1-8-16-26-19(9-1)17-18-29(26)28-27-24-14-6-4-12-22(24)20-10-2-3-11-21(20)23-13-5-7-15-25(23)27/h1-18H. The molecule has 0 atom stereocenters. The van der Waals surface area contributed by atoms with Gasteiger partial charge in [-0.25, -0.2) is 4.68 Å². The van der Waals surface area contributed by atoms with Crippen LogP contribution in [0.4, 0.5) is 0 Å². The Kier molecular flexibility index (Phi) is 3.50. The largest absolute Gasteiger partial charge is 0.240 e. The first-order valence-corrected chi connectivity index (χ1v) is 9.84. The smallest absolute Gasteiger partial charge is 0.0996 e. The van der Waals surface area contributed by atoms with Gasteiger partial charge in [0.05, 0.1) is 10.9 Å². The molecule has 6 aromatic rings. The first-order chi connectivity index (χ1) is 14.4. The Hall–Kier alpha value is -3.91. The summed E-state index contributed by atoms with van der Waals surface area (Å²) < 4.78 is 1.99. The molecule has 0 saturated carbocycles. The Morgan fingerprint density at radius 3 is 1.48 bits per heavy atom. The highest BCUT2D eigenvalue weighted by molar-refractivity contribution is 6.17. The first-order valence-electron chi connectivity index (χ1n) is 9.84. The van der Waals surface area contributed by atoms with E-state index in [0.717, 1.165) is 21.6 Å². The lowest BCUT2D eigenvalue weighted by Gasteiger charge is -2.00. The molecule has 0 saturated heterocycles. The third-order valence-corrected chi connectivity index (χ3v) is 5.66. The van der Waals surface area contributed by atoms with Crippen LogP contribution in [0.15, 0.2) is 114 Å². The van der Waals surface area contributed by atoms with Crippen LogP contribution in [0.2, 0.25) is 0 Å². The molecule has 6 rings (SSSR count). The molecule has 0 aliphatic heterocycles. The molecule has 136 valence electrons. The second-order valence-corrected chi connectivity index (χ2v) is 7.30. The Bertz CT molecular complexity index is 1530. The molecule has 2 nitrogen and oxygen atoms in total. The van der Waals surface area contributed by atoms with Gasteiger partial charge in [-0.15, -0.1) is 0 Å². The number of para-hydroxylation sites is 1. The van der Waals surface area contributed by atoms with Crippen LogP contribution in [0.25, 0.3) is 43.2 Å². The molecule has 1 aromatic heterocycles. The summed E-state index contributed by atoms with van der Waals surface area (Å²) in [6.45, 7) is 0. The molecule has 1 heterocycles. The van der Waals surface area contributed by atoms with Crippen molar-refractivity contribution in [3.8, 4) is 0 Å². The van der Waals surface area contributed by atoms with Crippen molar-refractivity contribution in [3.63, 3.8) is 0 Å². The minimum atomic E-state index is 0.994. The van der Waals surface area contributed by atoms with Crippen molar-refractivity contribution in [1.82, 2.24) is 4.68 Å². The third-order valence-electron chi connectivity index (χ3n) is 5.66. The van der Waals surface area contributed by atoms with E-state index >= 15 is 0 Å². The van der Waals surface area contributed by atoms with Gasteiger partial charge in [-0.05, 0) is 33.7 Å². The van der Waals surface area contributed by atoms with Crippen LogP contribution in [0.1, 0.15) is 0 Å². The summed E-state index contributed by atoms with van der Waals surface area (Å²) in [4.78, 5) is 0. The summed E-state index contributed by atoms with van der Waals surface area (Å²) in [6.07, 6.45) is 2.04. The molecule has 0 unspecified atom stereocenters. The lowest BCUT2D eigenvalue weighted by molar-refractivity contribution is 0.889. The fourth-order valence-corrected chi connectivity index (χ4v) is 4.32. The normalized spacial score (nSPS) is 11.4. The van der Waals surface area contributed by atoms with Crippen LogP contribution in [0.5, 0.6) is 0 Å². The molecule has 0 bridgehead atoms. The second-order valence-electron chi connectivity index (χ2n) is 7.30. The van der Waals surface area contributed by atoms with Gasteiger partial charge >= 0.3 is 0 Å². The Labute approximate surface area is 168 Å². The van der Waals surface area contributed by atoms with Gasteiger partial charge in [-0.1, -0.05) is 91.0 Å². The van der Waals surface area contributed by atoms with E-state index in [0.29, 0.717) is 0 Å². The van der Waals surface area contributed by atoms with Crippen LogP contribution >= 0.6 is 0 Å². The van der Waals surface area contributed by atoms with Crippen LogP contribution in [0.3, 0.4) is 0 Å². The minimum absolute atomic E-state index is 0.994. The van der Waals surface area contributed by atoms with Gasteiger partial charge in [-0.3, -0.25) is 0 Å². The third kappa shape index (κ3) is 2.46. The SMILES string of the molecule is c1ccc2c(c1)ccn2N=c1c2ccccc2c2ccccc2c2ccccc12. The summed E-state index contributed by atoms with van der Waals surface area (Å²) in [5.74, 6) is 0. The summed E-state index contributed by atoms with van der Waals surface area (Å²) in [7, 11) is 0. The van der Waals surface area contributed by atoms with E-state index < -0.39 is 0 Å². The predicted octanol–water partition coefficient (Wildman–Crippen LogP) is 6.46. The van der Waals surface area contributed by atoms with Crippen LogP contribution in [0, 0.1) is 0 Å². The number of nitrogens with zero attached hydrogens (tertiary/aromatic N) is 2. The highest BCUT2D eigenvalue weighted by Gasteiger charge is 2.08. The van der Waals surface area contributed by atoms with E-state index in [1.807, 2.05) is 10.9 Å². The summed E-state index contributed by atoms with van der Waals surface area (Å²) in [6, 6.07) is 36.3. The zero-order chi connectivity index (χ0) is 19.2. The maximum Gasteiger partial charge on any atom is 0.0996 e. The van der Waals surface area contributed by atoms with Crippen molar-refractivity contribution in [2.75, 3.05) is 0 Å². The van der Waals surface area contributed by atoms with Crippen molar-refractivity contribution < 1.29 is 0 Å². The number of hydrogen-bond acceptors (Lipinski definition) is 1. The molecule has 0 aliphatic carbocycles. The Morgan fingerprint density at radius 2 is 0.897 bits per heavy atom. The van der Waals surface area contributed by atoms with Crippen molar-refractivity contribution in [1.29, 1.82) is 0 Å². The maximum absolute atomic E-state index is 5.17. The van der Waals surface area contributed by atoms with Crippen molar-refractivity contribution >= 4 is 43.2 Å². The molecule has 0 aliphatic rings. The molecular weight excluding hydrogens is 352 g/mol. The van der Waals surface area contributed by atoms with E-state index in [9.17, 15) is 0 Å². The predicted molar refractivity (Wildman–Crippen MR) is 122 cm³/mol. The van der Waals surface area contributed by atoms with Gasteiger partial charge in [0.2, 0.25) is 0 Å². The van der Waals surface area contributed by atoms with E-state index in [1.54, 1.807) is 0 Å². The molecule has 0 N–H and O–H groups in total. The summed E-state index contributed by atoms with van der Waals surface area (Å²) in [5.41, 5.74) is 1.11. The molecular formula is C27H18N2. The molecule has 2 heteroatoms. The zero-order valence-corrected chi connectivity index (χ0v) is 15.8. The van der Waals surface area contributed by atoms with Crippen molar-refractivity contribution in [3.05, 3.63) is 115 Å². The van der Waals surface area contributed by atoms with Gasteiger partial charge < -0.3 is 0 Å². The first kappa shape index (κ1) is 16.1. The van der Waals surface area contributed by atoms with Crippen molar-refractivity contribution in [2.24, 2.45) is 5.10 Å². The monoisotopic (exact) mass is 370 g/mol. The summed E-state index contributed by atoms with van der Waals surface area (Å²) >= 11 is 0. The fourth-order valence-electron chi connectivity index (χ4n) is 4.32. The van der Waals surface area contributed by atoms with Gasteiger partial charge in [-0.2, -0.15) is 5.10 Å². The minimum Gasteiger partial charge on any atom is -0.240 e. The lowest BCUT2D eigenvalue weighted by atomic mass is 10.1. The Morgan fingerprint density at radius 1 is 0.448 bits per heavy atom. The van der Waals surface area contributed by atoms with E-state index in [4.69, 9.17) is 5.10 Å². The lowest BCUT2D eigenvalue weighted by Crippen LogP contribution is -2.05. The molecule has 0 radical (unpaired) electrons.